The molecular weight excluding hydrogens is 330 g/mol. The Balaban J connectivity index is 2.11. The molecule has 4 nitrogen and oxygen atoms in total. The molecule has 1 saturated heterocycles. The monoisotopic (exact) mass is 347 g/mol. The third kappa shape index (κ3) is 3.70. The summed E-state index contributed by atoms with van der Waals surface area (Å²) in [6.07, 6.45) is 1.29. The Morgan fingerprint density at radius 1 is 1.53 bits per heavy atom. The molecule has 19 heavy (non-hydrogen) atoms. The quantitative estimate of drug-likeness (QED) is 0.900. The molecule has 6 heteroatoms. The molecule has 2 rings (SSSR count). The minimum absolute atomic E-state index is 0.0497. The van der Waals surface area contributed by atoms with E-state index in [0.717, 1.165) is 15.8 Å². The number of benzene rings is 1. The van der Waals surface area contributed by atoms with Crippen LogP contribution in [0, 0.1) is 5.92 Å². The van der Waals surface area contributed by atoms with Crippen molar-refractivity contribution in [3.8, 4) is 5.75 Å². The summed E-state index contributed by atoms with van der Waals surface area (Å²) in [6, 6.07) is 5.62. The van der Waals surface area contributed by atoms with Gasteiger partial charge < -0.3 is 10.5 Å². The van der Waals surface area contributed by atoms with Crippen molar-refractivity contribution >= 4 is 25.8 Å². The largest absolute Gasteiger partial charge is 0.496 e. The van der Waals surface area contributed by atoms with E-state index in [-0.39, 0.29) is 23.5 Å². The number of hydrogen-bond acceptors (Lipinski definition) is 4. The van der Waals surface area contributed by atoms with Crippen LogP contribution in [0.25, 0.3) is 0 Å². The van der Waals surface area contributed by atoms with Gasteiger partial charge in [-0.15, -0.1) is 0 Å². The summed E-state index contributed by atoms with van der Waals surface area (Å²) in [5, 5.41) is 0. The van der Waals surface area contributed by atoms with E-state index in [9.17, 15) is 8.42 Å². The molecule has 2 N–H and O–H groups in total. The van der Waals surface area contributed by atoms with Crippen molar-refractivity contribution in [1.82, 2.24) is 0 Å². The average molecular weight is 348 g/mol. The molecule has 0 aliphatic carbocycles. The van der Waals surface area contributed by atoms with E-state index in [2.05, 4.69) is 15.9 Å². The zero-order valence-corrected chi connectivity index (χ0v) is 13.2. The van der Waals surface area contributed by atoms with Gasteiger partial charge in [0.05, 0.1) is 18.6 Å². The first-order chi connectivity index (χ1) is 8.91. The average Bonchev–Trinajstić information content (AvgIpc) is 2.70. The van der Waals surface area contributed by atoms with Gasteiger partial charge in [0, 0.05) is 10.5 Å². The van der Waals surface area contributed by atoms with E-state index in [1.54, 1.807) is 7.11 Å². The second-order valence-corrected chi connectivity index (χ2v) is 8.13. The van der Waals surface area contributed by atoms with Gasteiger partial charge in [0.25, 0.3) is 0 Å². The van der Waals surface area contributed by atoms with E-state index < -0.39 is 9.84 Å². The van der Waals surface area contributed by atoms with Crippen molar-refractivity contribution in [3.63, 3.8) is 0 Å². The van der Waals surface area contributed by atoms with Crippen LogP contribution in [-0.4, -0.2) is 33.1 Å². The molecule has 2 atom stereocenters. The molecule has 106 valence electrons. The fraction of sp³-hybridized carbons (Fsp3) is 0.538. The number of halogens is 1. The summed E-state index contributed by atoms with van der Waals surface area (Å²) >= 11 is 3.42. The molecular formula is C13H18BrNO3S. The number of nitrogens with two attached hydrogens (primary N) is 1. The SMILES string of the molecule is COc1ccc(Br)cc1CC(N)C1CCS(=O)(=O)C1. The molecule has 1 aliphatic heterocycles. The highest BCUT2D eigenvalue weighted by Gasteiger charge is 2.32. The number of hydrogen-bond donors (Lipinski definition) is 1. The van der Waals surface area contributed by atoms with E-state index in [1.807, 2.05) is 18.2 Å². The van der Waals surface area contributed by atoms with Crippen LogP contribution in [0.1, 0.15) is 12.0 Å². The Bertz CT molecular complexity index is 559. The Morgan fingerprint density at radius 2 is 2.26 bits per heavy atom. The van der Waals surface area contributed by atoms with Crippen LogP contribution in [0.2, 0.25) is 0 Å². The number of sulfone groups is 1. The minimum atomic E-state index is -2.88. The zero-order valence-electron chi connectivity index (χ0n) is 10.8. The lowest BCUT2D eigenvalue weighted by molar-refractivity contribution is 0.400. The molecule has 1 heterocycles. The zero-order chi connectivity index (χ0) is 14.0. The van der Waals surface area contributed by atoms with E-state index in [1.165, 1.54) is 0 Å². The third-order valence-electron chi connectivity index (χ3n) is 3.57. The molecule has 2 unspecified atom stereocenters. The van der Waals surface area contributed by atoms with E-state index >= 15 is 0 Å². The Labute approximate surface area is 122 Å². The predicted molar refractivity (Wildman–Crippen MR) is 79.1 cm³/mol. The van der Waals surface area contributed by atoms with Crippen LogP contribution in [-0.2, 0) is 16.3 Å². The number of methoxy groups -OCH3 is 1. The van der Waals surface area contributed by atoms with Crippen LogP contribution in [0.15, 0.2) is 22.7 Å². The third-order valence-corrected chi connectivity index (χ3v) is 5.86. The van der Waals surface area contributed by atoms with Crippen molar-refractivity contribution < 1.29 is 13.2 Å². The van der Waals surface area contributed by atoms with Gasteiger partial charge in [0.1, 0.15) is 5.75 Å². The van der Waals surface area contributed by atoms with Crippen molar-refractivity contribution in [3.05, 3.63) is 28.2 Å². The van der Waals surface area contributed by atoms with Crippen LogP contribution in [0.4, 0.5) is 0 Å². The van der Waals surface area contributed by atoms with Gasteiger partial charge in [-0.05, 0) is 42.5 Å². The first-order valence-corrected chi connectivity index (χ1v) is 8.81. The summed E-state index contributed by atoms with van der Waals surface area (Å²) in [5.74, 6) is 1.32. The van der Waals surface area contributed by atoms with Crippen molar-refractivity contribution in [2.24, 2.45) is 11.7 Å². The van der Waals surface area contributed by atoms with E-state index in [4.69, 9.17) is 10.5 Å². The molecule has 0 spiro atoms. The lowest BCUT2D eigenvalue weighted by Gasteiger charge is -2.19. The second kappa shape index (κ2) is 5.81. The highest BCUT2D eigenvalue weighted by molar-refractivity contribution is 9.10. The number of rotatable bonds is 4. The van der Waals surface area contributed by atoms with Crippen LogP contribution >= 0.6 is 15.9 Å². The van der Waals surface area contributed by atoms with Crippen LogP contribution in [0.3, 0.4) is 0 Å². The molecule has 0 aromatic heterocycles. The van der Waals surface area contributed by atoms with Gasteiger partial charge in [-0.25, -0.2) is 8.42 Å². The summed E-state index contributed by atoms with van der Waals surface area (Å²) in [4.78, 5) is 0. The molecule has 0 bridgehead atoms. The van der Waals surface area contributed by atoms with Gasteiger partial charge in [-0.3, -0.25) is 0 Å². The smallest absolute Gasteiger partial charge is 0.150 e. The maximum atomic E-state index is 11.5. The summed E-state index contributed by atoms with van der Waals surface area (Å²) < 4.78 is 29.3. The Kier molecular flexibility index (Phi) is 4.53. The Morgan fingerprint density at radius 3 is 2.84 bits per heavy atom. The normalized spacial score (nSPS) is 23.2. The van der Waals surface area contributed by atoms with Crippen molar-refractivity contribution in [2.75, 3.05) is 18.6 Å². The van der Waals surface area contributed by atoms with Crippen molar-refractivity contribution in [2.45, 2.75) is 18.9 Å². The van der Waals surface area contributed by atoms with Crippen LogP contribution < -0.4 is 10.5 Å². The molecule has 1 aromatic rings. The van der Waals surface area contributed by atoms with Gasteiger partial charge in [0.15, 0.2) is 9.84 Å². The first kappa shape index (κ1) is 14.8. The molecule has 1 fully saturated rings. The fourth-order valence-corrected chi connectivity index (χ4v) is 4.79. The fourth-order valence-electron chi connectivity index (χ4n) is 2.49. The highest BCUT2D eigenvalue weighted by Crippen LogP contribution is 2.28. The summed E-state index contributed by atoms with van der Waals surface area (Å²) in [7, 11) is -1.25. The summed E-state index contributed by atoms with van der Waals surface area (Å²) in [5.41, 5.74) is 7.18. The van der Waals surface area contributed by atoms with Gasteiger partial charge in [-0.1, -0.05) is 15.9 Å². The molecule has 0 saturated carbocycles. The maximum Gasteiger partial charge on any atom is 0.150 e. The highest BCUT2D eigenvalue weighted by atomic mass is 79.9. The predicted octanol–water partition coefficient (Wildman–Crippen LogP) is 1.76. The maximum absolute atomic E-state index is 11.5. The molecule has 0 radical (unpaired) electrons. The first-order valence-electron chi connectivity index (χ1n) is 6.20. The molecule has 1 aromatic carbocycles. The van der Waals surface area contributed by atoms with E-state index in [0.29, 0.717) is 12.8 Å². The van der Waals surface area contributed by atoms with Gasteiger partial charge in [0.2, 0.25) is 0 Å². The van der Waals surface area contributed by atoms with Gasteiger partial charge in [-0.2, -0.15) is 0 Å². The molecule has 0 amide bonds. The Hall–Kier alpha value is -0.590. The topological polar surface area (TPSA) is 69.4 Å². The lowest BCUT2D eigenvalue weighted by atomic mass is 9.93. The van der Waals surface area contributed by atoms with Gasteiger partial charge >= 0.3 is 0 Å². The summed E-state index contributed by atoms with van der Waals surface area (Å²) in [6.45, 7) is 0. The lowest BCUT2D eigenvalue weighted by Crippen LogP contribution is -2.33. The van der Waals surface area contributed by atoms with Crippen LogP contribution in [0.5, 0.6) is 5.75 Å². The minimum Gasteiger partial charge on any atom is -0.496 e. The number of ether oxygens (including phenoxy) is 1. The standard InChI is InChI=1S/C13H18BrNO3S/c1-18-13-3-2-11(14)6-10(13)7-12(15)9-4-5-19(16,17)8-9/h2-3,6,9,12H,4-5,7-8,15H2,1H3. The molecule has 1 aliphatic rings. The van der Waals surface area contributed by atoms with Crippen molar-refractivity contribution in [1.29, 1.82) is 0 Å². The second-order valence-electron chi connectivity index (χ2n) is 4.99.